The Kier molecular flexibility index (Phi) is 51.3. The van der Waals surface area contributed by atoms with E-state index in [2.05, 4.69) is 57.2 Å². The predicted molar refractivity (Wildman–Crippen MR) is 275 cm³/mol. The molecule has 0 aliphatic carbocycles. The van der Waals surface area contributed by atoms with Gasteiger partial charge in [-0.15, -0.1) is 0 Å². The van der Waals surface area contributed by atoms with E-state index in [0.29, 0.717) is 19.3 Å². The molecule has 0 aliphatic rings. The summed E-state index contributed by atoms with van der Waals surface area (Å²) in [7, 11) is 0. The van der Waals surface area contributed by atoms with Gasteiger partial charge in [-0.3, -0.25) is 14.4 Å². The second-order valence-corrected chi connectivity index (χ2v) is 18.8. The number of allylic oxidation sites excluding steroid dienone is 6. The molecule has 0 N–H and O–H groups in total. The van der Waals surface area contributed by atoms with Crippen LogP contribution < -0.4 is 0 Å². The van der Waals surface area contributed by atoms with E-state index in [1.807, 2.05) is 0 Å². The van der Waals surface area contributed by atoms with Crippen molar-refractivity contribution in [3.63, 3.8) is 0 Å². The molecule has 0 aromatic carbocycles. The molecule has 0 heterocycles. The lowest BCUT2D eigenvalue weighted by atomic mass is 10.0. The fourth-order valence-electron chi connectivity index (χ4n) is 8.10. The maximum atomic E-state index is 12.8. The Morgan fingerprint density at radius 2 is 0.578 bits per heavy atom. The molecule has 0 aromatic rings. The summed E-state index contributed by atoms with van der Waals surface area (Å²) < 4.78 is 16.8. The molecule has 0 bridgehead atoms. The molecule has 0 saturated carbocycles. The smallest absolute Gasteiger partial charge is 0.306 e. The van der Waals surface area contributed by atoms with Gasteiger partial charge in [0.2, 0.25) is 0 Å². The van der Waals surface area contributed by atoms with Crippen LogP contribution in [0.4, 0.5) is 0 Å². The monoisotopic (exact) mass is 899 g/mol. The highest BCUT2D eigenvalue weighted by Gasteiger charge is 2.19. The number of unbranched alkanes of at least 4 members (excludes halogenated alkanes) is 34. The van der Waals surface area contributed by atoms with Crippen molar-refractivity contribution in [3.05, 3.63) is 36.5 Å². The first kappa shape index (κ1) is 61.6. The van der Waals surface area contributed by atoms with Gasteiger partial charge in [-0.1, -0.05) is 243 Å². The van der Waals surface area contributed by atoms with Crippen molar-refractivity contribution in [1.29, 1.82) is 0 Å². The van der Waals surface area contributed by atoms with E-state index in [-0.39, 0.29) is 31.1 Å². The van der Waals surface area contributed by atoms with Crippen molar-refractivity contribution < 1.29 is 28.6 Å². The number of hydrogen-bond acceptors (Lipinski definition) is 6. The first-order chi connectivity index (χ1) is 31.5. The number of ether oxygens (including phenoxy) is 3. The number of rotatable bonds is 51. The Hall–Kier alpha value is -2.37. The third kappa shape index (κ3) is 50.6. The van der Waals surface area contributed by atoms with Crippen LogP contribution in [0.5, 0.6) is 0 Å². The molecule has 0 aromatic heterocycles. The minimum absolute atomic E-state index is 0.0747. The maximum absolute atomic E-state index is 12.8. The van der Waals surface area contributed by atoms with Crippen molar-refractivity contribution >= 4 is 17.9 Å². The summed E-state index contributed by atoms with van der Waals surface area (Å²) in [5, 5.41) is 0. The molecule has 6 nitrogen and oxygen atoms in total. The summed E-state index contributed by atoms with van der Waals surface area (Å²) in [6, 6.07) is 0. The van der Waals surface area contributed by atoms with Crippen LogP contribution in [0.25, 0.3) is 0 Å². The van der Waals surface area contributed by atoms with Gasteiger partial charge in [0.15, 0.2) is 6.10 Å². The fourth-order valence-corrected chi connectivity index (χ4v) is 8.10. The molecule has 0 saturated heterocycles. The van der Waals surface area contributed by atoms with Gasteiger partial charge in [-0.25, -0.2) is 0 Å². The molecule has 0 amide bonds. The second-order valence-electron chi connectivity index (χ2n) is 18.8. The molecule has 0 radical (unpaired) electrons. The van der Waals surface area contributed by atoms with Gasteiger partial charge in [0.1, 0.15) is 13.2 Å². The first-order valence-electron chi connectivity index (χ1n) is 28.0. The van der Waals surface area contributed by atoms with E-state index in [9.17, 15) is 14.4 Å². The Bertz CT molecular complexity index is 1080. The third-order valence-corrected chi connectivity index (χ3v) is 12.4. The Morgan fingerprint density at radius 3 is 0.953 bits per heavy atom. The lowest BCUT2D eigenvalue weighted by Gasteiger charge is -2.18. The lowest BCUT2D eigenvalue weighted by molar-refractivity contribution is -0.167. The molecule has 0 aliphatic heterocycles. The normalized spacial score (nSPS) is 12.2. The summed E-state index contributed by atoms with van der Waals surface area (Å²) in [6.07, 6.45) is 62.7. The van der Waals surface area contributed by atoms with Crippen molar-refractivity contribution in [2.45, 2.75) is 303 Å². The van der Waals surface area contributed by atoms with Gasteiger partial charge in [-0.2, -0.15) is 0 Å². The molecular formula is C58H106O6. The minimum Gasteiger partial charge on any atom is -0.462 e. The molecule has 0 unspecified atom stereocenters. The minimum atomic E-state index is -0.776. The van der Waals surface area contributed by atoms with Crippen molar-refractivity contribution in [1.82, 2.24) is 0 Å². The summed E-state index contributed by atoms with van der Waals surface area (Å²) in [5.74, 6) is -0.878. The zero-order chi connectivity index (χ0) is 46.5. The highest BCUT2D eigenvalue weighted by Crippen LogP contribution is 2.16. The molecule has 374 valence electrons. The SMILES string of the molecule is CCCC/C=C\CCCCCCCC(=O)OC[C@H](COC(=O)CCCCCCCCCCCCCCCCCCCC)OC(=O)CCCCCCCCC/C=C\C/C=C\CCCCC. The average Bonchev–Trinajstić information content (AvgIpc) is 3.29. The van der Waals surface area contributed by atoms with E-state index in [0.717, 1.165) is 77.0 Å². The van der Waals surface area contributed by atoms with Gasteiger partial charge in [0, 0.05) is 19.3 Å². The Balaban J connectivity index is 4.31. The van der Waals surface area contributed by atoms with Crippen molar-refractivity contribution in [3.8, 4) is 0 Å². The molecule has 64 heavy (non-hydrogen) atoms. The molecule has 0 rings (SSSR count). The molecule has 0 spiro atoms. The van der Waals surface area contributed by atoms with Crippen LogP contribution in [0, 0.1) is 0 Å². The molecular weight excluding hydrogens is 793 g/mol. The van der Waals surface area contributed by atoms with Crippen LogP contribution in [0.15, 0.2) is 36.5 Å². The Morgan fingerprint density at radius 1 is 0.312 bits per heavy atom. The fraction of sp³-hybridized carbons (Fsp3) is 0.845. The van der Waals surface area contributed by atoms with E-state index in [1.165, 1.54) is 180 Å². The van der Waals surface area contributed by atoms with Crippen LogP contribution >= 0.6 is 0 Å². The van der Waals surface area contributed by atoms with Crippen LogP contribution in [-0.4, -0.2) is 37.2 Å². The van der Waals surface area contributed by atoms with Gasteiger partial charge < -0.3 is 14.2 Å². The number of hydrogen-bond donors (Lipinski definition) is 0. The van der Waals surface area contributed by atoms with E-state index in [1.54, 1.807) is 0 Å². The third-order valence-electron chi connectivity index (χ3n) is 12.4. The van der Waals surface area contributed by atoms with Crippen LogP contribution in [0.3, 0.4) is 0 Å². The molecule has 6 heteroatoms. The van der Waals surface area contributed by atoms with E-state index < -0.39 is 6.10 Å². The largest absolute Gasteiger partial charge is 0.462 e. The quantitative estimate of drug-likeness (QED) is 0.0262. The van der Waals surface area contributed by atoms with E-state index >= 15 is 0 Å². The number of carbonyl (C=O) groups excluding carboxylic acids is 3. The first-order valence-corrected chi connectivity index (χ1v) is 28.0. The van der Waals surface area contributed by atoms with Crippen molar-refractivity contribution in [2.75, 3.05) is 13.2 Å². The van der Waals surface area contributed by atoms with Gasteiger partial charge >= 0.3 is 17.9 Å². The van der Waals surface area contributed by atoms with Crippen LogP contribution in [0.2, 0.25) is 0 Å². The summed E-state index contributed by atoms with van der Waals surface area (Å²) >= 11 is 0. The Labute approximate surface area is 397 Å². The van der Waals surface area contributed by atoms with Crippen molar-refractivity contribution in [2.24, 2.45) is 0 Å². The zero-order valence-electron chi connectivity index (χ0n) is 42.8. The summed E-state index contributed by atoms with van der Waals surface area (Å²) in [6.45, 7) is 6.60. The standard InChI is InChI=1S/C58H106O6/c1-4-7-10-13-16-19-22-24-26-28-30-31-33-36-39-42-45-48-51-57(60)63-54-55(53-62-56(59)50-47-44-41-38-35-21-18-15-12-9-6-3)64-58(61)52-49-46-43-40-37-34-32-29-27-25-23-20-17-14-11-8-5-2/h15,17-18,20,25,27,55H,4-14,16,19,21-24,26,28-54H2,1-3H3/b18-15-,20-17-,27-25-/t55-/m1/s1. The number of esters is 3. The average molecular weight is 899 g/mol. The van der Waals surface area contributed by atoms with Gasteiger partial charge in [-0.05, 0) is 70.6 Å². The highest BCUT2D eigenvalue weighted by molar-refractivity contribution is 5.71. The number of carbonyl (C=O) groups is 3. The summed E-state index contributed by atoms with van der Waals surface area (Å²) in [4.78, 5) is 38.0. The highest BCUT2D eigenvalue weighted by atomic mass is 16.6. The molecule has 0 fully saturated rings. The van der Waals surface area contributed by atoms with Gasteiger partial charge in [0.05, 0.1) is 0 Å². The van der Waals surface area contributed by atoms with E-state index in [4.69, 9.17) is 14.2 Å². The lowest BCUT2D eigenvalue weighted by Crippen LogP contribution is -2.30. The maximum Gasteiger partial charge on any atom is 0.306 e. The summed E-state index contributed by atoms with van der Waals surface area (Å²) in [5.41, 5.74) is 0. The van der Waals surface area contributed by atoms with Crippen LogP contribution in [-0.2, 0) is 28.6 Å². The second kappa shape index (κ2) is 53.2. The molecule has 1 atom stereocenters. The topological polar surface area (TPSA) is 78.9 Å². The predicted octanol–water partition coefficient (Wildman–Crippen LogP) is 18.5. The van der Waals surface area contributed by atoms with Crippen LogP contribution in [0.1, 0.15) is 297 Å². The zero-order valence-corrected chi connectivity index (χ0v) is 42.8. The van der Waals surface area contributed by atoms with Gasteiger partial charge in [0.25, 0.3) is 0 Å².